The van der Waals surface area contributed by atoms with Crippen LogP contribution in [0, 0.1) is 5.92 Å². The Kier molecular flexibility index (Phi) is 4.42. The van der Waals surface area contributed by atoms with E-state index in [2.05, 4.69) is 73.1 Å². The summed E-state index contributed by atoms with van der Waals surface area (Å²) in [5, 5.41) is 6.05. The first-order valence-corrected chi connectivity index (χ1v) is 8.43. The molecule has 2 aromatic carbocycles. The summed E-state index contributed by atoms with van der Waals surface area (Å²) >= 11 is 0. The third-order valence-electron chi connectivity index (χ3n) is 4.84. The van der Waals surface area contributed by atoms with Gasteiger partial charge in [0.1, 0.15) is 0 Å². The van der Waals surface area contributed by atoms with Crippen LogP contribution in [-0.4, -0.2) is 20.1 Å². The average Bonchev–Trinajstić information content (AvgIpc) is 2.60. The average molecular weight is 306 g/mol. The van der Waals surface area contributed by atoms with Gasteiger partial charge in [-0.15, -0.1) is 0 Å². The number of likely N-dealkylation sites (N-methyl/N-ethyl adjacent to an activating group) is 1. The van der Waals surface area contributed by atoms with Gasteiger partial charge >= 0.3 is 0 Å². The highest BCUT2D eigenvalue weighted by atomic mass is 15.2. The van der Waals surface area contributed by atoms with Crippen molar-refractivity contribution in [3.63, 3.8) is 0 Å². The standard InChI is InChI=1S/C21H26N2/c1-15(2)16(3)18-12-13-23(14-20(18)22-4)21-11-7-9-17-8-5-6-10-19(17)21/h5-11,15,22H,3,12-14H2,1-2,4H3. The van der Waals surface area contributed by atoms with Crippen molar-refractivity contribution in [1.29, 1.82) is 0 Å². The second kappa shape index (κ2) is 6.49. The van der Waals surface area contributed by atoms with Crippen LogP contribution in [0.2, 0.25) is 0 Å². The van der Waals surface area contributed by atoms with E-state index >= 15 is 0 Å². The molecule has 1 aliphatic rings. The maximum Gasteiger partial charge on any atom is 0.0579 e. The molecule has 1 aliphatic heterocycles. The highest BCUT2D eigenvalue weighted by molar-refractivity contribution is 5.94. The van der Waals surface area contributed by atoms with Crippen LogP contribution in [0.25, 0.3) is 10.8 Å². The van der Waals surface area contributed by atoms with Gasteiger partial charge in [0.25, 0.3) is 0 Å². The Morgan fingerprint density at radius 1 is 1.13 bits per heavy atom. The van der Waals surface area contributed by atoms with E-state index in [1.54, 1.807) is 0 Å². The van der Waals surface area contributed by atoms with Gasteiger partial charge in [0.2, 0.25) is 0 Å². The second-order valence-corrected chi connectivity index (χ2v) is 6.56. The van der Waals surface area contributed by atoms with Crippen LogP contribution in [0.5, 0.6) is 0 Å². The van der Waals surface area contributed by atoms with E-state index in [1.807, 2.05) is 7.05 Å². The smallest absolute Gasteiger partial charge is 0.0579 e. The number of rotatable bonds is 4. The Morgan fingerprint density at radius 3 is 2.61 bits per heavy atom. The normalized spacial score (nSPS) is 15.4. The lowest BCUT2D eigenvalue weighted by atomic mass is 9.90. The molecule has 0 aliphatic carbocycles. The number of allylic oxidation sites excluding steroid dienone is 1. The van der Waals surface area contributed by atoms with Gasteiger partial charge in [-0.3, -0.25) is 0 Å². The molecule has 0 saturated heterocycles. The van der Waals surface area contributed by atoms with Gasteiger partial charge < -0.3 is 10.2 Å². The molecule has 0 unspecified atom stereocenters. The van der Waals surface area contributed by atoms with E-state index < -0.39 is 0 Å². The number of anilines is 1. The Bertz CT molecular complexity index is 750. The Balaban J connectivity index is 1.96. The van der Waals surface area contributed by atoms with Crippen LogP contribution in [0.15, 0.2) is 65.9 Å². The minimum absolute atomic E-state index is 0.498. The zero-order chi connectivity index (χ0) is 16.4. The molecule has 0 saturated carbocycles. The Labute approximate surface area is 139 Å². The fraction of sp³-hybridized carbons (Fsp3) is 0.333. The summed E-state index contributed by atoms with van der Waals surface area (Å²) in [7, 11) is 2.02. The van der Waals surface area contributed by atoms with Gasteiger partial charge in [-0.05, 0) is 34.9 Å². The largest absolute Gasteiger partial charge is 0.390 e. The van der Waals surface area contributed by atoms with Crippen molar-refractivity contribution in [3.05, 3.63) is 65.9 Å². The number of fused-ring (bicyclic) bond motifs is 1. The predicted octanol–water partition coefficient (Wildman–Crippen LogP) is 4.74. The van der Waals surface area contributed by atoms with E-state index in [0.29, 0.717) is 5.92 Å². The quantitative estimate of drug-likeness (QED) is 0.878. The monoisotopic (exact) mass is 306 g/mol. The lowest BCUT2D eigenvalue weighted by Crippen LogP contribution is -2.36. The highest BCUT2D eigenvalue weighted by Gasteiger charge is 2.22. The lowest BCUT2D eigenvalue weighted by Gasteiger charge is -2.34. The fourth-order valence-corrected chi connectivity index (χ4v) is 3.39. The van der Waals surface area contributed by atoms with Crippen molar-refractivity contribution >= 4 is 16.5 Å². The molecular weight excluding hydrogens is 280 g/mol. The minimum atomic E-state index is 0.498. The molecule has 2 nitrogen and oxygen atoms in total. The molecule has 2 aromatic rings. The van der Waals surface area contributed by atoms with Crippen LogP contribution in [-0.2, 0) is 0 Å². The van der Waals surface area contributed by atoms with E-state index in [1.165, 1.54) is 33.3 Å². The molecular formula is C21H26N2. The maximum atomic E-state index is 4.31. The molecule has 0 atom stereocenters. The molecule has 0 radical (unpaired) electrons. The summed E-state index contributed by atoms with van der Waals surface area (Å²) < 4.78 is 0. The number of hydrogen-bond donors (Lipinski definition) is 1. The molecule has 0 fully saturated rings. The lowest BCUT2D eigenvalue weighted by molar-refractivity contribution is 0.686. The van der Waals surface area contributed by atoms with Crippen molar-refractivity contribution in [2.24, 2.45) is 5.92 Å². The van der Waals surface area contributed by atoms with Crippen LogP contribution in [0.3, 0.4) is 0 Å². The van der Waals surface area contributed by atoms with Crippen LogP contribution in [0.4, 0.5) is 5.69 Å². The van der Waals surface area contributed by atoms with E-state index in [4.69, 9.17) is 0 Å². The van der Waals surface area contributed by atoms with E-state index in [-0.39, 0.29) is 0 Å². The van der Waals surface area contributed by atoms with Crippen molar-refractivity contribution < 1.29 is 0 Å². The molecule has 0 bridgehead atoms. The molecule has 1 heterocycles. The molecule has 0 aromatic heterocycles. The van der Waals surface area contributed by atoms with Gasteiger partial charge in [0.05, 0.1) is 6.54 Å². The third-order valence-corrected chi connectivity index (χ3v) is 4.84. The first kappa shape index (κ1) is 15.7. The first-order chi connectivity index (χ1) is 11.1. The first-order valence-electron chi connectivity index (χ1n) is 8.43. The fourth-order valence-electron chi connectivity index (χ4n) is 3.39. The van der Waals surface area contributed by atoms with Gasteiger partial charge in [0, 0.05) is 30.4 Å². The summed E-state index contributed by atoms with van der Waals surface area (Å²) in [6, 6.07) is 15.2. The third kappa shape index (κ3) is 2.98. The zero-order valence-electron chi connectivity index (χ0n) is 14.4. The number of benzene rings is 2. The van der Waals surface area contributed by atoms with Gasteiger partial charge in [0.15, 0.2) is 0 Å². The summed E-state index contributed by atoms with van der Waals surface area (Å²) in [5.41, 5.74) is 5.32. The van der Waals surface area contributed by atoms with Crippen LogP contribution < -0.4 is 10.2 Å². The maximum absolute atomic E-state index is 4.31. The van der Waals surface area contributed by atoms with Gasteiger partial charge in [-0.25, -0.2) is 0 Å². The zero-order valence-corrected chi connectivity index (χ0v) is 14.4. The van der Waals surface area contributed by atoms with E-state index in [0.717, 1.165) is 19.5 Å². The van der Waals surface area contributed by atoms with Gasteiger partial charge in [-0.2, -0.15) is 0 Å². The minimum Gasteiger partial charge on any atom is -0.390 e. The summed E-state index contributed by atoms with van der Waals surface area (Å²) in [4.78, 5) is 2.48. The van der Waals surface area contributed by atoms with Crippen molar-refractivity contribution in [1.82, 2.24) is 5.32 Å². The van der Waals surface area contributed by atoms with Crippen LogP contribution in [0.1, 0.15) is 20.3 Å². The number of hydrogen-bond acceptors (Lipinski definition) is 2. The molecule has 23 heavy (non-hydrogen) atoms. The molecule has 0 amide bonds. The second-order valence-electron chi connectivity index (χ2n) is 6.56. The topological polar surface area (TPSA) is 15.3 Å². The molecule has 1 N–H and O–H groups in total. The summed E-state index contributed by atoms with van der Waals surface area (Å²) in [6.45, 7) is 10.7. The molecule has 2 heteroatoms. The Morgan fingerprint density at radius 2 is 1.87 bits per heavy atom. The highest BCUT2D eigenvalue weighted by Crippen LogP contribution is 2.32. The predicted molar refractivity (Wildman–Crippen MR) is 101 cm³/mol. The van der Waals surface area contributed by atoms with Crippen molar-refractivity contribution in [3.8, 4) is 0 Å². The number of nitrogens with zero attached hydrogens (tertiary/aromatic N) is 1. The molecule has 120 valence electrons. The van der Waals surface area contributed by atoms with Crippen LogP contribution >= 0.6 is 0 Å². The molecule has 0 spiro atoms. The van der Waals surface area contributed by atoms with Crippen molar-refractivity contribution in [2.75, 3.05) is 25.0 Å². The number of nitrogens with one attached hydrogen (secondary N) is 1. The summed E-state index contributed by atoms with van der Waals surface area (Å²) in [6.07, 6.45) is 1.05. The molecule has 3 rings (SSSR count). The summed E-state index contributed by atoms with van der Waals surface area (Å²) in [5.74, 6) is 0.498. The Hall–Kier alpha value is -2.22. The van der Waals surface area contributed by atoms with Gasteiger partial charge in [-0.1, -0.05) is 56.8 Å². The SMILES string of the molecule is C=C(C1=C(NC)CN(c2cccc3ccccc23)CC1)C(C)C. The van der Waals surface area contributed by atoms with E-state index in [9.17, 15) is 0 Å². The van der Waals surface area contributed by atoms with Crippen molar-refractivity contribution in [2.45, 2.75) is 20.3 Å².